The zero-order chi connectivity index (χ0) is 60.0. The monoisotopic (exact) mass is 1110 g/mol. The smallest absolute Gasteiger partial charge is 0.237 e. The summed E-state index contributed by atoms with van der Waals surface area (Å²) in [4.78, 5) is 0. The minimum Gasteiger partial charge on any atom is -0.711 e. The lowest BCUT2D eigenvalue weighted by atomic mass is 9.84. The second-order valence-corrected chi connectivity index (χ2v) is 26.6. The van der Waals surface area contributed by atoms with Crippen LogP contribution in [0.5, 0.6) is 23.0 Å². The third kappa shape index (κ3) is 10.8. The number of hydrogen-bond acceptors (Lipinski definition) is 2. The Bertz CT molecular complexity index is 3760. The van der Waals surface area contributed by atoms with Gasteiger partial charge in [0.25, 0.3) is 0 Å². The summed E-state index contributed by atoms with van der Waals surface area (Å²) in [6.45, 7) is 34.8. The average molecular weight is 1120 g/mol. The van der Waals surface area contributed by atoms with Gasteiger partial charge >= 0.3 is 0 Å². The molecule has 0 aliphatic heterocycles. The molecule has 0 bridgehead atoms. The maximum Gasteiger partial charge on any atom is 0.237 e. The molecule has 0 spiro atoms. The highest BCUT2D eigenvalue weighted by molar-refractivity contribution is 6.11. The zero-order valence-corrected chi connectivity index (χ0v) is 51.8. The van der Waals surface area contributed by atoms with Crippen LogP contribution in [0.2, 0.25) is 0 Å². The van der Waals surface area contributed by atoms with Gasteiger partial charge < -0.3 is 28.1 Å². The largest absolute Gasteiger partial charge is 0.711 e. The van der Waals surface area contributed by atoms with Crippen molar-refractivity contribution in [3.05, 3.63) is 192 Å². The number of aromatic hydroxyl groups is 2. The number of phenolic OH excluding ortho intramolecular Hbond substituents is 2. The normalized spacial score (nSPS) is 12.5. The Hall–Kier alpha value is -7.58. The van der Waals surface area contributed by atoms with E-state index in [0.717, 1.165) is 54.7 Å². The van der Waals surface area contributed by atoms with Crippen LogP contribution in [0.15, 0.2) is 121 Å². The average Bonchev–Trinajstić information content (AvgIpc) is 2.45. The number of halogens is 2. The van der Waals surface area contributed by atoms with Gasteiger partial charge in [0.05, 0.1) is 44.6 Å². The molecule has 10 rings (SSSR count). The van der Waals surface area contributed by atoms with Crippen molar-refractivity contribution < 1.29 is 27.7 Å². The molecule has 10 aromatic rings. The van der Waals surface area contributed by atoms with Gasteiger partial charge in [-0.25, -0.2) is 8.78 Å². The van der Waals surface area contributed by atoms with Gasteiger partial charge in [0.2, 0.25) is 11.5 Å². The quantitative estimate of drug-likeness (QED) is 0.0842. The molecule has 0 radical (unpaired) electrons. The number of aromatic nitrogens is 2. The van der Waals surface area contributed by atoms with E-state index in [2.05, 4.69) is 214 Å². The SMILES string of the molecule is [CH2-][O+](CCC[O+]([CH2-])c1c(C)cc(F)cc1-c1cc(C(C)(C)C)cc(-n2c3cc(C(C)C)ccc3c3ccc(C(C)C)cc32)c1O)c1c(C)cc(F)cc1-c1cc(C(C)(C)C)cc(-n2c3cc(C(C)C)ccc3c3ccc(C(C)C)cc32)c1O. The molecule has 0 saturated carbocycles. The molecule has 0 amide bonds. The molecular formula is C75H84F2N2O4. The van der Waals surface area contributed by atoms with Gasteiger partial charge in [-0.15, -0.1) is 0 Å². The highest BCUT2D eigenvalue weighted by atomic mass is 19.1. The summed E-state index contributed by atoms with van der Waals surface area (Å²) < 4.78 is 42.6. The van der Waals surface area contributed by atoms with E-state index < -0.39 is 11.6 Å². The maximum atomic E-state index is 16.1. The van der Waals surface area contributed by atoms with Gasteiger partial charge in [0.15, 0.2) is 13.2 Å². The predicted molar refractivity (Wildman–Crippen MR) is 345 cm³/mol. The summed E-state index contributed by atoms with van der Waals surface area (Å²) in [5.41, 5.74) is 14.3. The van der Waals surface area contributed by atoms with Crippen LogP contribution in [0.3, 0.4) is 0 Å². The number of aryl methyl sites for hydroxylation is 2. The molecule has 0 aliphatic carbocycles. The first kappa shape index (κ1) is 58.6. The van der Waals surface area contributed by atoms with Gasteiger partial charge in [-0.1, -0.05) is 145 Å². The van der Waals surface area contributed by atoms with E-state index in [1.54, 1.807) is 0 Å². The lowest BCUT2D eigenvalue weighted by Gasteiger charge is -2.34. The summed E-state index contributed by atoms with van der Waals surface area (Å²) in [7, 11) is 9.03. The van der Waals surface area contributed by atoms with Crippen LogP contribution in [0.1, 0.15) is 172 Å². The molecule has 0 saturated heterocycles. The van der Waals surface area contributed by atoms with E-state index in [0.29, 0.717) is 75.9 Å². The molecule has 0 unspecified atom stereocenters. The molecule has 2 N–H and O–H groups in total. The first-order valence-corrected chi connectivity index (χ1v) is 29.6. The Kier molecular flexibility index (Phi) is 15.4. The number of fused-ring (bicyclic) bond motifs is 6. The third-order valence-electron chi connectivity index (χ3n) is 17.1. The van der Waals surface area contributed by atoms with Crippen molar-refractivity contribution in [2.75, 3.05) is 13.2 Å². The van der Waals surface area contributed by atoms with Crippen LogP contribution in [-0.2, 0) is 19.6 Å². The van der Waals surface area contributed by atoms with Gasteiger partial charge in [-0.2, -0.15) is 0 Å². The van der Waals surface area contributed by atoms with Gasteiger partial charge in [0, 0.05) is 43.8 Å². The topological polar surface area (TPSA) is 55.7 Å². The van der Waals surface area contributed by atoms with Crippen LogP contribution >= 0.6 is 0 Å². The molecule has 0 fully saturated rings. The molecule has 432 valence electrons. The molecule has 8 heteroatoms. The summed E-state index contributed by atoms with van der Waals surface area (Å²) in [6, 6.07) is 40.7. The Morgan fingerprint density at radius 2 is 0.711 bits per heavy atom. The minimum absolute atomic E-state index is 0.0291. The Morgan fingerprint density at radius 1 is 0.422 bits per heavy atom. The number of nitrogens with zero attached hydrogens (tertiary/aromatic N) is 2. The molecule has 8 aromatic carbocycles. The van der Waals surface area contributed by atoms with Crippen molar-refractivity contribution in [1.82, 2.24) is 9.13 Å². The fourth-order valence-corrected chi connectivity index (χ4v) is 12.2. The van der Waals surface area contributed by atoms with Gasteiger partial charge in [-0.05, 0) is 169 Å². The highest BCUT2D eigenvalue weighted by Gasteiger charge is 2.31. The van der Waals surface area contributed by atoms with E-state index in [1.165, 1.54) is 46.5 Å². The Morgan fingerprint density at radius 3 is 0.976 bits per heavy atom. The van der Waals surface area contributed by atoms with Crippen molar-refractivity contribution in [3.8, 4) is 56.6 Å². The van der Waals surface area contributed by atoms with Crippen LogP contribution in [0.4, 0.5) is 8.78 Å². The number of rotatable bonds is 14. The van der Waals surface area contributed by atoms with Crippen LogP contribution in [0.25, 0.3) is 77.2 Å². The number of benzene rings is 8. The van der Waals surface area contributed by atoms with Crippen molar-refractivity contribution in [3.63, 3.8) is 0 Å². The van der Waals surface area contributed by atoms with Gasteiger partial charge in [0.1, 0.15) is 29.6 Å². The van der Waals surface area contributed by atoms with Gasteiger partial charge in [-0.3, -0.25) is 0 Å². The molecule has 0 aliphatic rings. The minimum atomic E-state index is -0.433. The summed E-state index contributed by atoms with van der Waals surface area (Å²) in [6.07, 6.45) is 0.475. The summed E-state index contributed by atoms with van der Waals surface area (Å²) >= 11 is 0. The maximum absolute atomic E-state index is 16.1. The second kappa shape index (κ2) is 21.9. The lowest BCUT2D eigenvalue weighted by molar-refractivity contribution is -0.0170. The molecule has 83 heavy (non-hydrogen) atoms. The fourth-order valence-electron chi connectivity index (χ4n) is 12.2. The standard InChI is InChI=1S/C75H84F2N2O4/c1-42(2)48-20-24-56-57-25-21-49(43(3)4)33-65(57)78(64(56)32-48)68-38-52(74(11,12)13)36-60(70(68)80)62-40-54(76)30-46(9)72(62)82(17)28-19-29-83(18)73-47(10)31-55(77)41-63(73)61-37-53(75(14,15)16)39-69(71(61)81)79-66-34-50(44(5)6)22-26-58(66)59-27-23-51(45(7)8)35-67(59)79/h20-27,30-45,80-81H,17-19,28-29H2,1-16H3. The van der Waals surface area contributed by atoms with Crippen molar-refractivity contribution >= 4 is 43.6 Å². The van der Waals surface area contributed by atoms with Crippen LogP contribution in [0, 0.1) is 39.7 Å². The van der Waals surface area contributed by atoms with E-state index in [-0.39, 0.29) is 46.0 Å². The van der Waals surface area contributed by atoms with E-state index in [1.807, 2.05) is 26.0 Å². The van der Waals surface area contributed by atoms with Crippen molar-refractivity contribution in [2.45, 2.75) is 152 Å². The zero-order valence-electron chi connectivity index (χ0n) is 51.8. The first-order chi connectivity index (χ1) is 39.0. The first-order valence-electron chi connectivity index (χ1n) is 29.6. The molecule has 6 nitrogen and oxygen atoms in total. The summed E-state index contributed by atoms with van der Waals surface area (Å²) in [5, 5.41) is 30.3. The third-order valence-corrected chi connectivity index (χ3v) is 17.1. The Labute approximate surface area is 491 Å². The molecular weight excluding hydrogens is 1030 g/mol. The molecule has 0 atom stereocenters. The van der Waals surface area contributed by atoms with E-state index in [9.17, 15) is 10.2 Å². The second-order valence-electron chi connectivity index (χ2n) is 26.6. The van der Waals surface area contributed by atoms with Crippen molar-refractivity contribution in [1.29, 1.82) is 0 Å². The van der Waals surface area contributed by atoms with E-state index >= 15 is 8.78 Å². The van der Waals surface area contributed by atoms with E-state index in [4.69, 9.17) is 0 Å². The van der Waals surface area contributed by atoms with Crippen LogP contribution < -0.4 is 0 Å². The summed E-state index contributed by atoms with van der Waals surface area (Å²) in [5.74, 6) is 1.50. The highest BCUT2D eigenvalue weighted by Crippen LogP contribution is 2.51. The predicted octanol–water partition coefficient (Wildman–Crippen LogP) is 21.8. The number of hydrogen-bond donors (Lipinski definition) is 2. The Balaban J connectivity index is 1.05. The molecule has 2 aromatic heterocycles. The van der Waals surface area contributed by atoms with Crippen LogP contribution in [-0.4, -0.2) is 32.6 Å². The number of phenols is 2. The molecule has 2 heterocycles. The lowest BCUT2D eigenvalue weighted by Crippen LogP contribution is -2.13. The van der Waals surface area contributed by atoms with Crippen molar-refractivity contribution in [2.24, 2.45) is 0 Å². The fraction of sp³-hybridized carbons (Fsp3) is 0.333.